The minimum absolute atomic E-state index is 0.115. The zero-order chi connectivity index (χ0) is 11.6. The maximum absolute atomic E-state index is 11.1. The van der Waals surface area contributed by atoms with Crippen LogP contribution in [0.1, 0.15) is 11.1 Å². The number of hydrogen-bond donors (Lipinski definition) is 1. The van der Waals surface area contributed by atoms with Crippen molar-refractivity contribution in [3.05, 3.63) is 23.3 Å². The van der Waals surface area contributed by atoms with Gasteiger partial charge in [-0.3, -0.25) is 0 Å². The molecule has 0 aromatic heterocycles. The first kappa shape index (κ1) is 12.8. The topological polar surface area (TPSA) is 57.9 Å². The second-order valence-electron chi connectivity index (χ2n) is 2.65. The molecule has 15 heavy (non-hydrogen) atoms. The Morgan fingerprint density at radius 1 is 1.53 bits per heavy atom. The Hall–Kier alpha value is -0.220. The molecule has 0 atom stereocenters. The van der Waals surface area contributed by atoms with Gasteiger partial charge in [0.15, 0.2) is 0 Å². The first-order chi connectivity index (χ1) is 6.90. The van der Waals surface area contributed by atoms with Gasteiger partial charge in [0.05, 0.1) is 16.5 Å². The molecule has 0 saturated heterocycles. The number of benzene rings is 1. The molecule has 7 heteroatoms. The van der Waals surface area contributed by atoms with Crippen LogP contribution in [0.2, 0.25) is 0 Å². The molecule has 80 valence electrons. The molecule has 1 aromatic carbocycles. The zero-order valence-electron chi connectivity index (χ0n) is 7.24. The van der Waals surface area contributed by atoms with Gasteiger partial charge in [-0.1, -0.05) is 15.9 Å². The molecule has 0 N–H and O–H groups in total. The van der Waals surface area contributed by atoms with Crippen molar-refractivity contribution in [2.75, 3.05) is 0 Å². The van der Waals surface area contributed by atoms with Crippen molar-refractivity contribution in [1.29, 1.82) is 5.26 Å². The molecule has 1 rings (SSSR count). The molecule has 0 aliphatic heterocycles. The SMILES string of the molecule is N#Cc1cc(S(=O)(=O)Cl)cc(S)c1CBr. The highest BCUT2D eigenvalue weighted by molar-refractivity contribution is 9.08. The summed E-state index contributed by atoms with van der Waals surface area (Å²) in [6.07, 6.45) is 0. The van der Waals surface area contributed by atoms with Gasteiger partial charge < -0.3 is 0 Å². The fourth-order valence-electron chi connectivity index (χ4n) is 1.01. The number of thiol groups is 1. The predicted molar refractivity (Wildman–Crippen MR) is 64.1 cm³/mol. The summed E-state index contributed by atoms with van der Waals surface area (Å²) in [5.74, 6) is 0. The van der Waals surface area contributed by atoms with Gasteiger partial charge in [0.2, 0.25) is 0 Å². The first-order valence-electron chi connectivity index (χ1n) is 3.66. The zero-order valence-corrected chi connectivity index (χ0v) is 11.3. The molecular formula is C8H5BrClNO2S2. The van der Waals surface area contributed by atoms with Crippen LogP contribution in [0.3, 0.4) is 0 Å². The second kappa shape index (κ2) is 4.74. The van der Waals surface area contributed by atoms with Gasteiger partial charge in [0, 0.05) is 20.9 Å². The quantitative estimate of drug-likeness (QED) is 0.516. The minimum atomic E-state index is -3.83. The number of alkyl halides is 1. The fourth-order valence-corrected chi connectivity index (χ4v) is 3.04. The van der Waals surface area contributed by atoms with Crippen molar-refractivity contribution in [3.63, 3.8) is 0 Å². The van der Waals surface area contributed by atoms with E-state index in [9.17, 15) is 8.42 Å². The van der Waals surface area contributed by atoms with E-state index < -0.39 is 9.05 Å². The highest BCUT2D eigenvalue weighted by Crippen LogP contribution is 2.26. The first-order valence-corrected chi connectivity index (χ1v) is 7.54. The fraction of sp³-hybridized carbons (Fsp3) is 0.125. The third-order valence-electron chi connectivity index (χ3n) is 1.74. The van der Waals surface area contributed by atoms with E-state index in [1.54, 1.807) is 0 Å². The van der Waals surface area contributed by atoms with Gasteiger partial charge in [-0.25, -0.2) is 8.42 Å². The van der Waals surface area contributed by atoms with E-state index in [-0.39, 0.29) is 10.5 Å². The van der Waals surface area contributed by atoms with E-state index >= 15 is 0 Å². The van der Waals surface area contributed by atoms with Crippen LogP contribution in [0.4, 0.5) is 0 Å². The molecule has 1 aromatic rings. The molecule has 0 spiro atoms. The summed E-state index contributed by atoms with van der Waals surface area (Å²) in [5, 5.41) is 9.25. The van der Waals surface area contributed by atoms with Crippen LogP contribution in [0.15, 0.2) is 21.9 Å². The molecule has 3 nitrogen and oxygen atoms in total. The third-order valence-corrected chi connectivity index (χ3v) is 4.03. The summed E-state index contributed by atoms with van der Waals surface area (Å²) in [5.41, 5.74) is 0.892. The van der Waals surface area contributed by atoms with E-state index in [0.717, 1.165) is 0 Å². The number of nitriles is 1. The van der Waals surface area contributed by atoms with Crippen molar-refractivity contribution in [3.8, 4) is 6.07 Å². The number of rotatable bonds is 2. The summed E-state index contributed by atoms with van der Waals surface area (Å²) in [7, 11) is 1.35. The molecule has 0 radical (unpaired) electrons. The Labute approximate surface area is 106 Å². The van der Waals surface area contributed by atoms with Crippen LogP contribution in [-0.2, 0) is 14.4 Å². The summed E-state index contributed by atoms with van der Waals surface area (Å²) in [4.78, 5) is 0.306. The Bertz CT molecular complexity index is 536. The molecular weight excluding hydrogens is 322 g/mol. The standard InChI is InChI=1S/C8H5BrClNO2S2/c9-3-7-5(4-11)1-6(2-8(7)14)15(10,12)13/h1-2,14H,3H2. The van der Waals surface area contributed by atoms with E-state index in [4.69, 9.17) is 15.9 Å². The lowest BCUT2D eigenvalue weighted by molar-refractivity contribution is 0.609. The maximum Gasteiger partial charge on any atom is 0.261 e. The lowest BCUT2D eigenvalue weighted by atomic mass is 10.1. The van der Waals surface area contributed by atoms with Crippen LogP contribution in [0, 0.1) is 11.3 Å². The Morgan fingerprint density at radius 2 is 2.13 bits per heavy atom. The number of halogens is 2. The highest BCUT2D eigenvalue weighted by Gasteiger charge is 2.15. The monoisotopic (exact) mass is 325 g/mol. The van der Waals surface area contributed by atoms with Crippen LogP contribution in [0.25, 0.3) is 0 Å². The summed E-state index contributed by atoms with van der Waals surface area (Å²) < 4.78 is 22.1. The van der Waals surface area contributed by atoms with E-state index in [1.807, 2.05) is 6.07 Å². The molecule has 0 bridgehead atoms. The summed E-state index contributed by atoms with van der Waals surface area (Å²) >= 11 is 7.29. The van der Waals surface area contributed by atoms with Crippen LogP contribution in [-0.4, -0.2) is 8.42 Å². The van der Waals surface area contributed by atoms with Gasteiger partial charge in [-0.15, -0.1) is 12.6 Å². The van der Waals surface area contributed by atoms with Crippen LogP contribution in [0.5, 0.6) is 0 Å². The van der Waals surface area contributed by atoms with Crippen molar-refractivity contribution < 1.29 is 8.42 Å². The smallest absolute Gasteiger partial charge is 0.207 e. The largest absolute Gasteiger partial charge is 0.261 e. The molecule has 0 fully saturated rings. The predicted octanol–water partition coefficient (Wildman–Crippen LogP) is 2.67. The molecule has 0 amide bonds. The van der Waals surface area contributed by atoms with Crippen molar-refractivity contribution in [1.82, 2.24) is 0 Å². The molecule has 0 aliphatic rings. The Balaban J connectivity index is 3.55. The van der Waals surface area contributed by atoms with Crippen molar-refractivity contribution in [2.24, 2.45) is 0 Å². The van der Waals surface area contributed by atoms with E-state index in [1.165, 1.54) is 12.1 Å². The van der Waals surface area contributed by atoms with Crippen molar-refractivity contribution >= 4 is 48.3 Å². The second-order valence-corrected chi connectivity index (χ2v) is 6.26. The third kappa shape index (κ3) is 2.88. The maximum atomic E-state index is 11.1. The summed E-state index contributed by atoms with van der Waals surface area (Å²) in [6.45, 7) is 0. The molecule has 0 aliphatic carbocycles. The molecule has 0 saturated carbocycles. The van der Waals surface area contributed by atoms with Gasteiger partial charge in [-0.05, 0) is 17.7 Å². The van der Waals surface area contributed by atoms with E-state index in [2.05, 4.69) is 28.6 Å². The number of nitrogens with zero attached hydrogens (tertiary/aromatic N) is 1. The van der Waals surface area contributed by atoms with Gasteiger partial charge in [0.1, 0.15) is 0 Å². The Kier molecular flexibility index (Phi) is 4.06. The van der Waals surface area contributed by atoms with Crippen LogP contribution < -0.4 is 0 Å². The van der Waals surface area contributed by atoms with Gasteiger partial charge in [0.25, 0.3) is 9.05 Å². The average molecular weight is 327 g/mol. The number of hydrogen-bond acceptors (Lipinski definition) is 4. The van der Waals surface area contributed by atoms with Crippen molar-refractivity contribution in [2.45, 2.75) is 15.1 Å². The van der Waals surface area contributed by atoms with Gasteiger partial charge in [-0.2, -0.15) is 5.26 Å². The van der Waals surface area contributed by atoms with Gasteiger partial charge >= 0.3 is 0 Å². The van der Waals surface area contributed by atoms with E-state index in [0.29, 0.717) is 15.8 Å². The molecule has 0 unspecified atom stereocenters. The summed E-state index contributed by atoms with van der Waals surface area (Å²) in [6, 6.07) is 4.45. The minimum Gasteiger partial charge on any atom is -0.207 e. The Morgan fingerprint density at radius 3 is 2.53 bits per heavy atom. The average Bonchev–Trinajstić information content (AvgIpc) is 2.15. The van der Waals surface area contributed by atoms with Crippen LogP contribution >= 0.6 is 39.2 Å². The highest BCUT2D eigenvalue weighted by atomic mass is 79.9. The lowest BCUT2D eigenvalue weighted by Crippen LogP contribution is -1.96. The lowest BCUT2D eigenvalue weighted by Gasteiger charge is -2.05. The normalized spacial score (nSPS) is 11.1. The molecule has 0 heterocycles.